The zero-order valence-electron chi connectivity index (χ0n) is 18.6. The van der Waals surface area contributed by atoms with Crippen LogP contribution >= 0.6 is 23.1 Å². The van der Waals surface area contributed by atoms with Gasteiger partial charge in [0, 0.05) is 18.2 Å². The summed E-state index contributed by atoms with van der Waals surface area (Å²) >= 11 is 2.58. The van der Waals surface area contributed by atoms with E-state index < -0.39 is 18.1 Å². The van der Waals surface area contributed by atoms with E-state index in [9.17, 15) is 14.4 Å². The number of nitrogens with zero attached hydrogens (tertiary/aromatic N) is 3. The van der Waals surface area contributed by atoms with Crippen LogP contribution in [0.25, 0.3) is 5.57 Å². The molecular weight excluding hydrogens is 486 g/mol. The minimum atomic E-state index is -0.687. The molecule has 11 heteroatoms. The second kappa shape index (κ2) is 9.61. The van der Waals surface area contributed by atoms with Crippen molar-refractivity contribution in [3.63, 3.8) is 0 Å². The molecule has 178 valence electrons. The van der Waals surface area contributed by atoms with E-state index in [1.54, 1.807) is 0 Å². The van der Waals surface area contributed by atoms with Crippen molar-refractivity contribution in [2.24, 2.45) is 5.73 Å². The van der Waals surface area contributed by atoms with Gasteiger partial charge >= 0.3 is 5.97 Å². The molecule has 35 heavy (non-hydrogen) atoms. The number of rotatable bonds is 6. The quantitative estimate of drug-likeness (QED) is 0.385. The van der Waals surface area contributed by atoms with E-state index in [4.69, 9.17) is 10.5 Å². The van der Waals surface area contributed by atoms with Crippen LogP contribution in [-0.2, 0) is 19.1 Å². The number of aromatic nitrogens is 2. The molecule has 2 aliphatic rings. The molecule has 9 nitrogen and oxygen atoms in total. The Morgan fingerprint density at radius 2 is 1.71 bits per heavy atom. The van der Waals surface area contributed by atoms with E-state index in [2.05, 4.69) is 15.5 Å². The lowest BCUT2D eigenvalue weighted by molar-refractivity contribution is -0.152. The van der Waals surface area contributed by atoms with Crippen molar-refractivity contribution >= 4 is 51.6 Å². The van der Waals surface area contributed by atoms with Crippen LogP contribution in [0.1, 0.15) is 29.2 Å². The third-order valence-corrected chi connectivity index (χ3v) is 7.80. The first kappa shape index (κ1) is 23.2. The largest absolute Gasteiger partial charge is 0.448 e. The Morgan fingerprint density at radius 3 is 2.31 bits per heavy atom. The molecule has 3 aromatic rings. The summed E-state index contributed by atoms with van der Waals surface area (Å²) < 4.78 is 6.07. The molecule has 0 aliphatic carbocycles. The summed E-state index contributed by atoms with van der Waals surface area (Å²) in [6.45, 7) is 1.37. The number of nitrogens with one attached hydrogen (secondary N) is 1. The van der Waals surface area contributed by atoms with Gasteiger partial charge in [-0.2, -0.15) is 0 Å². The van der Waals surface area contributed by atoms with Crippen LogP contribution in [0.2, 0.25) is 0 Å². The number of benzene rings is 2. The lowest BCUT2D eigenvalue weighted by Gasteiger charge is -2.48. The number of amides is 2. The smallest absolute Gasteiger partial charge is 0.356 e. The average Bonchev–Trinajstić information content (AvgIpc) is 3.34. The monoisotopic (exact) mass is 507 g/mol. The van der Waals surface area contributed by atoms with Crippen LogP contribution in [-0.4, -0.2) is 50.0 Å². The van der Waals surface area contributed by atoms with Crippen molar-refractivity contribution < 1.29 is 19.1 Å². The topological polar surface area (TPSA) is 128 Å². The van der Waals surface area contributed by atoms with Gasteiger partial charge in [-0.05, 0) is 11.1 Å². The second-order valence-corrected chi connectivity index (χ2v) is 10.0. The molecule has 1 aromatic heterocycles. The zero-order valence-corrected chi connectivity index (χ0v) is 20.2. The van der Waals surface area contributed by atoms with Crippen LogP contribution in [0.4, 0.5) is 5.13 Å². The summed E-state index contributed by atoms with van der Waals surface area (Å²) in [5.41, 5.74) is 8.23. The van der Waals surface area contributed by atoms with Gasteiger partial charge in [0.2, 0.25) is 16.9 Å². The molecule has 2 aromatic carbocycles. The number of nitrogens with two attached hydrogens (primary N) is 1. The number of ether oxygens (including phenoxy) is 1. The SMILES string of the molecule is CC(=O)Nc1nnc(C2=C(C(=O)OC(c3ccccc3)c3ccccc3)N3C(=O)C(N)[C@@H]3SC2)s1. The van der Waals surface area contributed by atoms with Gasteiger partial charge < -0.3 is 15.8 Å². The summed E-state index contributed by atoms with van der Waals surface area (Å²) in [5, 5.41) is 11.1. The first-order valence-electron chi connectivity index (χ1n) is 10.8. The predicted octanol–water partition coefficient (Wildman–Crippen LogP) is 2.78. The molecular formula is C24H21N5O4S2. The Labute approximate surface area is 209 Å². The van der Waals surface area contributed by atoms with Crippen molar-refractivity contribution in [1.82, 2.24) is 15.1 Å². The number of fused-ring (bicyclic) bond motifs is 1. The van der Waals surface area contributed by atoms with Crippen molar-refractivity contribution in [2.75, 3.05) is 11.1 Å². The van der Waals surface area contributed by atoms with E-state index >= 15 is 0 Å². The maximum absolute atomic E-state index is 13.7. The highest BCUT2D eigenvalue weighted by atomic mass is 32.2. The summed E-state index contributed by atoms with van der Waals surface area (Å²) in [5.74, 6) is -0.895. The number of hydrogen-bond acceptors (Lipinski definition) is 9. The molecule has 0 saturated carbocycles. The standard InChI is InChI=1S/C24H21N5O4S2/c1-13(30)26-24-28-27-20(35-24)16-12-34-22-17(25)21(31)29(22)18(16)23(32)33-19(14-8-4-2-5-9-14)15-10-6-3-7-11-15/h2-11,17,19,22H,12,25H2,1H3,(H,26,28,30)/t17?,22-/m0/s1. The average molecular weight is 508 g/mol. The van der Waals surface area contributed by atoms with Gasteiger partial charge in [-0.25, -0.2) is 4.79 Å². The van der Waals surface area contributed by atoms with Crippen molar-refractivity contribution in [3.05, 3.63) is 82.5 Å². The lowest BCUT2D eigenvalue weighted by atomic mass is 10.0. The highest BCUT2D eigenvalue weighted by Gasteiger charge is 2.53. The molecule has 2 amide bonds. The first-order chi connectivity index (χ1) is 16.9. The highest BCUT2D eigenvalue weighted by molar-refractivity contribution is 8.00. The predicted molar refractivity (Wildman–Crippen MR) is 133 cm³/mol. The maximum Gasteiger partial charge on any atom is 0.356 e. The van der Waals surface area contributed by atoms with Crippen LogP contribution in [0.5, 0.6) is 0 Å². The zero-order chi connectivity index (χ0) is 24.5. The Kier molecular flexibility index (Phi) is 6.37. The van der Waals surface area contributed by atoms with Gasteiger partial charge in [-0.3, -0.25) is 14.5 Å². The third kappa shape index (κ3) is 4.45. The van der Waals surface area contributed by atoms with Gasteiger partial charge in [-0.1, -0.05) is 72.0 Å². The number of thioether (sulfide) groups is 1. The lowest BCUT2D eigenvalue weighted by Crippen LogP contribution is -2.68. The minimum Gasteiger partial charge on any atom is -0.448 e. The Balaban J connectivity index is 1.55. The summed E-state index contributed by atoms with van der Waals surface area (Å²) in [7, 11) is 0. The molecule has 1 fully saturated rings. The van der Waals surface area contributed by atoms with Gasteiger partial charge in [0.25, 0.3) is 0 Å². The molecule has 2 aliphatic heterocycles. The molecule has 0 spiro atoms. The maximum atomic E-state index is 13.7. The molecule has 5 rings (SSSR count). The van der Waals surface area contributed by atoms with E-state index in [0.717, 1.165) is 22.5 Å². The van der Waals surface area contributed by atoms with Gasteiger partial charge in [0.1, 0.15) is 22.1 Å². The fraction of sp³-hybridized carbons (Fsp3) is 0.208. The van der Waals surface area contributed by atoms with Crippen molar-refractivity contribution in [2.45, 2.75) is 24.4 Å². The normalized spacial score (nSPS) is 19.3. The molecule has 3 heterocycles. The van der Waals surface area contributed by atoms with Crippen LogP contribution in [0.3, 0.4) is 0 Å². The van der Waals surface area contributed by atoms with Gasteiger partial charge in [-0.15, -0.1) is 22.0 Å². The molecule has 0 bridgehead atoms. The molecule has 3 N–H and O–H groups in total. The fourth-order valence-electron chi connectivity index (χ4n) is 3.96. The van der Waals surface area contributed by atoms with Gasteiger partial charge in [0.05, 0.1) is 0 Å². The number of esters is 1. The molecule has 1 saturated heterocycles. The van der Waals surface area contributed by atoms with Crippen LogP contribution < -0.4 is 11.1 Å². The number of carbonyl (C=O) groups excluding carboxylic acids is 3. The Bertz CT molecular complexity index is 1270. The number of anilines is 1. The summed E-state index contributed by atoms with van der Waals surface area (Å²) in [6, 6.07) is 18.1. The van der Waals surface area contributed by atoms with Crippen molar-refractivity contribution in [1.29, 1.82) is 0 Å². The van der Waals surface area contributed by atoms with E-state index in [1.807, 2.05) is 60.7 Å². The van der Waals surface area contributed by atoms with Crippen molar-refractivity contribution in [3.8, 4) is 0 Å². The fourth-order valence-corrected chi connectivity index (χ4v) is 6.18. The van der Waals surface area contributed by atoms with E-state index in [0.29, 0.717) is 21.5 Å². The highest BCUT2D eigenvalue weighted by Crippen LogP contribution is 2.44. The molecule has 1 unspecified atom stereocenters. The molecule has 0 radical (unpaired) electrons. The summed E-state index contributed by atoms with van der Waals surface area (Å²) in [4.78, 5) is 39.3. The van der Waals surface area contributed by atoms with E-state index in [-0.39, 0.29) is 22.9 Å². The van der Waals surface area contributed by atoms with E-state index in [1.165, 1.54) is 23.6 Å². The van der Waals surface area contributed by atoms with Crippen LogP contribution in [0, 0.1) is 0 Å². The number of β-lactam (4-membered cyclic amide) rings is 1. The minimum absolute atomic E-state index is 0.114. The Morgan fingerprint density at radius 1 is 1.09 bits per heavy atom. The third-order valence-electron chi connectivity index (χ3n) is 5.60. The number of carbonyl (C=O) groups is 3. The second-order valence-electron chi connectivity index (χ2n) is 7.96. The van der Waals surface area contributed by atoms with Crippen LogP contribution in [0.15, 0.2) is 66.4 Å². The Hall–Kier alpha value is -3.54. The summed E-state index contributed by atoms with van der Waals surface area (Å²) in [6.07, 6.45) is -0.680. The number of hydrogen-bond donors (Lipinski definition) is 2. The molecule has 2 atom stereocenters. The van der Waals surface area contributed by atoms with Gasteiger partial charge in [0.15, 0.2) is 6.10 Å². The first-order valence-corrected chi connectivity index (χ1v) is 12.7.